The number of nitrogens with two attached hydrogens (primary N) is 1. The van der Waals surface area contributed by atoms with Gasteiger partial charge in [-0.2, -0.15) is 0 Å². The highest BCUT2D eigenvalue weighted by Crippen LogP contribution is 2.16. The van der Waals surface area contributed by atoms with Gasteiger partial charge in [0.1, 0.15) is 17.6 Å². The molecule has 1 aliphatic heterocycles. The van der Waals surface area contributed by atoms with Crippen molar-refractivity contribution in [2.24, 2.45) is 0 Å². The number of anilines is 1. The highest BCUT2D eigenvalue weighted by Gasteiger charge is 2.22. The molecule has 1 aliphatic rings. The molecule has 2 heterocycles. The first-order valence-electron chi connectivity index (χ1n) is 7.73. The van der Waals surface area contributed by atoms with Gasteiger partial charge in [0.2, 0.25) is 0 Å². The van der Waals surface area contributed by atoms with E-state index in [0.717, 1.165) is 50.4 Å². The highest BCUT2D eigenvalue weighted by molar-refractivity contribution is 5.77. The number of hydrogen-bond donors (Lipinski definition) is 1. The number of nitrogens with zero attached hydrogens (tertiary/aromatic N) is 3. The van der Waals surface area contributed by atoms with Crippen LogP contribution in [-0.2, 0) is 22.6 Å². The molecule has 22 heavy (non-hydrogen) atoms. The van der Waals surface area contributed by atoms with Gasteiger partial charge in [-0.3, -0.25) is 15.4 Å². The first-order chi connectivity index (χ1) is 10.7. The van der Waals surface area contributed by atoms with E-state index in [1.165, 1.54) is 0 Å². The first kappa shape index (κ1) is 15.0. The molecule has 0 aliphatic carbocycles. The number of nitrogen functional groups attached to an aromatic ring is 1. The predicted octanol–water partition coefficient (Wildman–Crippen LogP) is 0.432. The predicted molar refractivity (Wildman–Crippen MR) is 84.5 cm³/mol. The van der Waals surface area contributed by atoms with E-state index in [1.807, 2.05) is 22.8 Å². The Hall–Kier alpha value is -1.92. The number of rotatable bonds is 5. The van der Waals surface area contributed by atoms with Crippen molar-refractivity contribution < 1.29 is 14.1 Å². The molecule has 118 valence electrons. The number of Topliss-reactive ketones (excluding diaryl/α,β-unsaturated/α-hetero) is 1. The smallest absolute Gasteiger partial charge is 0.356 e. The molecule has 1 aromatic heterocycles. The van der Waals surface area contributed by atoms with E-state index >= 15 is 0 Å². The van der Waals surface area contributed by atoms with E-state index < -0.39 is 0 Å². The molecule has 0 radical (unpaired) electrons. The number of carbonyl (C=O) groups excluding carboxylic acids is 1. The fraction of sp³-hybridized carbons (Fsp3) is 0.500. The van der Waals surface area contributed by atoms with Crippen LogP contribution in [0.1, 0.15) is 6.92 Å². The first-order valence-corrected chi connectivity index (χ1v) is 7.73. The molecule has 0 amide bonds. The average Bonchev–Trinajstić information content (AvgIpc) is 2.78. The molecule has 0 atom stereocenters. The number of ketones is 1. The number of aromatic nitrogens is 2. The van der Waals surface area contributed by atoms with E-state index in [-0.39, 0.29) is 5.78 Å². The lowest BCUT2D eigenvalue weighted by molar-refractivity contribution is -0.644. The number of imidazole rings is 1. The lowest BCUT2D eigenvalue weighted by Crippen LogP contribution is -2.41. The zero-order valence-corrected chi connectivity index (χ0v) is 13.0. The summed E-state index contributed by atoms with van der Waals surface area (Å²) < 4.78 is 9.38. The lowest BCUT2D eigenvalue weighted by atomic mass is 10.3. The minimum absolute atomic E-state index is 0.104. The third-order valence-corrected chi connectivity index (χ3v) is 4.14. The molecular formula is C16H23N4O2+. The molecule has 0 spiro atoms. The van der Waals surface area contributed by atoms with Crippen LogP contribution in [0.3, 0.4) is 0 Å². The number of hydrogen-bond acceptors (Lipinski definition) is 4. The second-order valence-corrected chi connectivity index (χ2v) is 5.74. The van der Waals surface area contributed by atoms with Gasteiger partial charge in [0.05, 0.1) is 19.8 Å². The maximum absolute atomic E-state index is 11.5. The van der Waals surface area contributed by atoms with Crippen LogP contribution in [0.4, 0.5) is 5.95 Å². The molecule has 6 heteroatoms. The largest absolute Gasteiger partial charge is 0.379 e. The lowest BCUT2D eigenvalue weighted by Gasteiger charge is -2.25. The maximum Gasteiger partial charge on any atom is 0.356 e. The summed E-state index contributed by atoms with van der Waals surface area (Å²) in [6.07, 6.45) is 0. The van der Waals surface area contributed by atoms with Gasteiger partial charge in [-0.1, -0.05) is 12.1 Å². The summed E-state index contributed by atoms with van der Waals surface area (Å²) in [5, 5.41) is 0. The number of carbonyl (C=O) groups is 1. The van der Waals surface area contributed by atoms with Gasteiger partial charge in [0.15, 0.2) is 5.78 Å². The van der Waals surface area contributed by atoms with Gasteiger partial charge in [0.25, 0.3) is 0 Å². The minimum atomic E-state index is 0.104. The Morgan fingerprint density at radius 2 is 2.00 bits per heavy atom. The number of para-hydroxylation sites is 2. The molecule has 1 aromatic carbocycles. The summed E-state index contributed by atoms with van der Waals surface area (Å²) in [6.45, 7) is 7.18. The Morgan fingerprint density at radius 3 is 2.73 bits per heavy atom. The fourth-order valence-corrected chi connectivity index (χ4v) is 3.00. The molecule has 0 unspecified atom stereocenters. The highest BCUT2D eigenvalue weighted by atomic mass is 16.5. The number of fused-ring (bicyclic) bond motifs is 1. The van der Waals surface area contributed by atoms with Crippen molar-refractivity contribution in [3.63, 3.8) is 0 Å². The quantitative estimate of drug-likeness (QED) is 0.814. The zero-order valence-electron chi connectivity index (χ0n) is 13.0. The Balaban J connectivity index is 1.87. The maximum atomic E-state index is 11.5. The Morgan fingerprint density at radius 1 is 1.27 bits per heavy atom. The molecular weight excluding hydrogens is 280 g/mol. The topological polar surface area (TPSA) is 64.4 Å². The molecule has 1 saturated heterocycles. The Bertz CT molecular complexity index is 674. The van der Waals surface area contributed by atoms with E-state index in [4.69, 9.17) is 10.5 Å². The van der Waals surface area contributed by atoms with E-state index in [9.17, 15) is 4.79 Å². The van der Waals surface area contributed by atoms with Gasteiger partial charge < -0.3 is 4.74 Å². The zero-order chi connectivity index (χ0) is 15.5. The SMILES string of the molecule is CC(=O)C[n+]1c(N)n(CCN2CCOCC2)c2ccccc21. The van der Waals surface area contributed by atoms with Gasteiger partial charge >= 0.3 is 5.95 Å². The molecule has 1 fully saturated rings. The normalized spacial score (nSPS) is 16.2. The Labute approximate surface area is 130 Å². The van der Waals surface area contributed by atoms with E-state index in [2.05, 4.69) is 15.5 Å². The molecule has 0 bridgehead atoms. The van der Waals surface area contributed by atoms with Gasteiger partial charge in [0, 0.05) is 19.6 Å². The summed E-state index contributed by atoms with van der Waals surface area (Å²) in [5.74, 6) is 0.748. The second-order valence-electron chi connectivity index (χ2n) is 5.74. The molecule has 2 N–H and O–H groups in total. The number of ether oxygens (including phenoxy) is 1. The fourth-order valence-electron chi connectivity index (χ4n) is 3.00. The van der Waals surface area contributed by atoms with Crippen LogP contribution in [-0.4, -0.2) is 48.1 Å². The van der Waals surface area contributed by atoms with E-state index in [0.29, 0.717) is 12.5 Å². The molecule has 3 rings (SSSR count). The summed E-state index contributed by atoms with van der Waals surface area (Å²) >= 11 is 0. The van der Waals surface area contributed by atoms with Crippen LogP contribution < -0.4 is 10.3 Å². The standard InChI is InChI=1S/C16H22N4O2/c1-13(21)12-20-15-5-3-2-4-14(15)19(16(20)17)7-6-18-8-10-22-11-9-18/h2-5,17H,6-12H2,1H3/p+1. The van der Waals surface area contributed by atoms with Crippen molar-refractivity contribution in [2.75, 3.05) is 38.6 Å². The van der Waals surface area contributed by atoms with Crippen LogP contribution in [0.25, 0.3) is 11.0 Å². The third kappa shape index (κ3) is 2.98. The number of morpholine rings is 1. The summed E-state index contributed by atoms with van der Waals surface area (Å²) in [7, 11) is 0. The van der Waals surface area contributed by atoms with Crippen LogP contribution in [0.15, 0.2) is 24.3 Å². The van der Waals surface area contributed by atoms with Crippen molar-refractivity contribution in [1.82, 2.24) is 9.47 Å². The van der Waals surface area contributed by atoms with Crippen molar-refractivity contribution in [1.29, 1.82) is 0 Å². The van der Waals surface area contributed by atoms with Gasteiger partial charge in [-0.05, 0) is 19.1 Å². The minimum Gasteiger partial charge on any atom is -0.379 e. The second kappa shape index (κ2) is 6.46. The van der Waals surface area contributed by atoms with Gasteiger partial charge in [-0.25, -0.2) is 9.13 Å². The van der Waals surface area contributed by atoms with Gasteiger partial charge in [-0.15, -0.1) is 0 Å². The number of benzene rings is 1. The average molecular weight is 303 g/mol. The summed E-state index contributed by atoms with van der Waals surface area (Å²) in [6, 6.07) is 8.05. The van der Waals surface area contributed by atoms with Crippen LogP contribution in [0, 0.1) is 0 Å². The summed E-state index contributed by atoms with van der Waals surface area (Å²) in [5.41, 5.74) is 8.40. The van der Waals surface area contributed by atoms with Crippen LogP contribution in [0.5, 0.6) is 0 Å². The van der Waals surface area contributed by atoms with Crippen molar-refractivity contribution >= 4 is 22.8 Å². The Kier molecular flexibility index (Phi) is 4.40. The molecule has 2 aromatic rings. The van der Waals surface area contributed by atoms with Crippen LogP contribution >= 0.6 is 0 Å². The summed E-state index contributed by atoms with van der Waals surface area (Å²) in [4.78, 5) is 13.9. The molecule has 6 nitrogen and oxygen atoms in total. The van der Waals surface area contributed by atoms with Crippen molar-refractivity contribution in [3.8, 4) is 0 Å². The van der Waals surface area contributed by atoms with Crippen molar-refractivity contribution in [3.05, 3.63) is 24.3 Å². The van der Waals surface area contributed by atoms with E-state index in [1.54, 1.807) is 6.92 Å². The molecule has 0 saturated carbocycles. The third-order valence-electron chi connectivity index (χ3n) is 4.14. The monoisotopic (exact) mass is 303 g/mol. The van der Waals surface area contributed by atoms with Crippen LogP contribution in [0.2, 0.25) is 0 Å². The van der Waals surface area contributed by atoms with Crippen molar-refractivity contribution in [2.45, 2.75) is 20.0 Å².